The molecule has 0 aliphatic carbocycles. The van der Waals surface area contributed by atoms with E-state index in [9.17, 15) is 4.39 Å². The van der Waals surface area contributed by atoms with Gasteiger partial charge in [0.1, 0.15) is 24.8 Å². The molecule has 1 aliphatic rings. The van der Waals surface area contributed by atoms with Crippen LogP contribution < -0.4 is 20.1 Å². The Kier molecular flexibility index (Phi) is 3.90. The van der Waals surface area contributed by atoms with Gasteiger partial charge in [0.05, 0.1) is 5.52 Å². The Hall–Kier alpha value is -3.88. The predicted octanol–water partition coefficient (Wildman–Crippen LogP) is 3.75. The monoisotopic (exact) mass is 378 g/mol. The lowest BCUT2D eigenvalue weighted by molar-refractivity contribution is 0.171. The van der Waals surface area contributed by atoms with Gasteiger partial charge in [-0.15, -0.1) is 0 Å². The molecule has 0 unspecified atom stereocenters. The molecule has 0 radical (unpaired) electrons. The fourth-order valence-electron chi connectivity index (χ4n) is 2.94. The van der Waals surface area contributed by atoms with Crippen molar-refractivity contribution in [3.8, 4) is 11.5 Å². The Morgan fingerprint density at radius 3 is 2.79 bits per heavy atom. The third-order valence-electron chi connectivity index (χ3n) is 4.23. The lowest BCUT2D eigenvalue weighted by Gasteiger charge is -2.19. The van der Waals surface area contributed by atoms with E-state index in [4.69, 9.17) is 9.47 Å². The van der Waals surface area contributed by atoms with Crippen molar-refractivity contribution in [1.82, 2.24) is 20.2 Å². The van der Waals surface area contributed by atoms with E-state index in [1.54, 1.807) is 18.3 Å². The molecule has 2 aromatic heterocycles. The van der Waals surface area contributed by atoms with Crippen molar-refractivity contribution in [2.75, 3.05) is 23.8 Å². The van der Waals surface area contributed by atoms with Gasteiger partial charge >= 0.3 is 0 Å². The van der Waals surface area contributed by atoms with Crippen molar-refractivity contribution in [3.05, 3.63) is 54.5 Å². The van der Waals surface area contributed by atoms with Crippen molar-refractivity contribution < 1.29 is 13.9 Å². The highest BCUT2D eigenvalue weighted by molar-refractivity contribution is 5.91. The van der Waals surface area contributed by atoms with Crippen LogP contribution in [0, 0.1) is 5.82 Å². The number of hydrogen-bond acceptors (Lipinski definition) is 7. The number of nitrogens with one attached hydrogen (secondary N) is 3. The van der Waals surface area contributed by atoms with Gasteiger partial charge < -0.3 is 20.1 Å². The summed E-state index contributed by atoms with van der Waals surface area (Å²) in [6.45, 7) is 1.06. The van der Waals surface area contributed by atoms with Crippen molar-refractivity contribution in [2.24, 2.45) is 0 Å². The molecule has 28 heavy (non-hydrogen) atoms. The first-order valence-corrected chi connectivity index (χ1v) is 8.65. The maximum Gasteiger partial charge on any atom is 0.229 e. The van der Waals surface area contributed by atoms with Crippen LogP contribution in [0.2, 0.25) is 0 Å². The van der Waals surface area contributed by atoms with Gasteiger partial charge in [-0.1, -0.05) is 0 Å². The van der Waals surface area contributed by atoms with Gasteiger partial charge in [0.2, 0.25) is 5.95 Å². The molecule has 0 bridgehead atoms. The molecule has 0 fully saturated rings. The first-order valence-electron chi connectivity index (χ1n) is 8.65. The molecule has 2 aromatic carbocycles. The highest BCUT2D eigenvalue weighted by Gasteiger charge is 2.13. The molecular weight excluding hydrogens is 363 g/mol. The largest absolute Gasteiger partial charge is 0.486 e. The number of H-pyrrole nitrogens is 1. The highest BCUT2D eigenvalue weighted by Crippen LogP contribution is 2.33. The molecule has 3 N–H and O–H groups in total. The number of anilines is 4. The summed E-state index contributed by atoms with van der Waals surface area (Å²) in [5.41, 5.74) is 1.50. The minimum atomic E-state index is -0.333. The smallest absolute Gasteiger partial charge is 0.229 e. The molecule has 8 nitrogen and oxygen atoms in total. The van der Waals surface area contributed by atoms with E-state index in [0.717, 1.165) is 11.2 Å². The summed E-state index contributed by atoms with van der Waals surface area (Å²) in [6, 6.07) is 11.7. The Morgan fingerprint density at radius 2 is 1.86 bits per heavy atom. The molecule has 3 heterocycles. The minimum Gasteiger partial charge on any atom is -0.486 e. The van der Waals surface area contributed by atoms with Crippen LogP contribution in [0.1, 0.15) is 0 Å². The molecule has 5 rings (SSSR count). The van der Waals surface area contributed by atoms with Crippen LogP contribution in [0.25, 0.3) is 10.9 Å². The molecule has 4 aromatic rings. The molecule has 140 valence electrons. The standard InChI is InChI=1S/C19H15FN6O2/c20-11-1-3-14-13(9-11)18(26-25-14)23-17-5-6-21-19(24-17)22-12-2-4-15-16(10-12)28-8-7-27-15/h1-6,9-10H,7-8H2,(H3,21,22,23,24,25,26). The van der Waals surface area contributed by atoms with Gasteiger partial charge in [-0.05, 0) is 36.4 Å². The number of nitrogens with zero attached hydrogens (tertiary/aromatic N) is 3. The van der Waals surface area contributed by atoms with Crippen molar-refractivity contribution in [1.29, 1.82) is 0 Å². The Bertz CT molecular complexity index is 1160. The van der Waals surface area contributed by atoms with E-state index in [1.807, 2.05) is 18.2 Å². The Balaban J connectivity index is 1.38. The molecule has 0 saturated carbocycles. The third-order valence-corrected chi connectivity index (χ3v) is 4.23. The van der Waals surface area contributed by atoms with E-state index >= 15 is 0 Å². The minimum absolute atomic E-state index is 0.333. The highest BCUT2D eigenvalue weighted by atomic mass is 19.1. The molecule has 0 amide bonds. The summed E-state index contributed by atoms with van der Waals surface area (Å²) in [6.07, 6.45) is 1.62. The second-order valence-corrected chi connectivity index (χ2v) is 6.14. The van der Waals surface area contributed by atoms with Crippen LogP contribution in [-0.2, 0) is 0 Å². The van der Waals surface area contributed by atoms with E-state index in [2.05, 4.69) is 30.8 Å². The second kappa shape index (κ2) is 6.69. The number of benzene rings is 2. The van der Waals surface area contributed by atoms with E-state index < -0.39 is 0 Å². The van der Waals surface area contributed by atoms with Crippen LogP contribution in [0.15, 0.2) is 48.7 Å². The number of ether oxygens (including phenoxy) is 2. The fraction of sp³-hybridized carbons (Fsp3) is 0.105. The van der Waals surface area contributed by atoms with Crippen LogP contribution in [-0.4, -0.2) is 33.4 Å². The maximum atomic E-state index is 13.5. The molecular formula is C19H15FN6O2. The van der Waals surface area contributed by atoms with Gasteiger partial charge in [0, 0.05) is 23.3 Å². The Morgan fingerprint density at radius 1 is 0.964 bits per heavy atom. The van der Waals surface area contributed by atoms with Gasteiger partial charge in [-0.25, -0.2) is 9.37 Å². The number of fused-ring (bicyclic) bond motifs is 2. The van der Waals surface area contributed by atoms with Gasteiger partial charge in [0.25, 0.3) is 0 Å². The van der Waals surface area contributed by atoms with Crippen molar-refractivity contribution in [3.63, 3.8) is 0 Å². The number of aromatic amines is 1. The van der Waals surface area contributed by atoms with E-state index in [-0.39, 0.29) is 5.82 Å². The average Bonchev–Trinajstić information content (AvgIpc) is 3.10. The molecule has 0 spiro atoms. The van der Waals surface area contributed by atoms with Gasteiger partial charge in [-0.3, -0.25) is 5.10 Å². The zero-order valence-electron chi connectivity index (χ0n) is 14.6. The zero-order valence-corrected chi connectivity index (χ0v) is 14.6. The van der Waals surface area contributed by atoms with Crippen molar-refractivity contribution >= 4 is 34.2 Å². The first kappa shape index (κ1) is 16.3. The van der Waals surface area contributed by atoms with E-state index in [0.29, 0.717) is 47.7 Å². The second-order valence-electron chi connectivity index (χ2n) is 6.14. The third kappa shape index (κ3) is 3.13. The predicted molar refractivity (Wildman–Crippen MR) is 102 cm³/mol. The van der Waals surface area contributed by atoms with Crippen molar-refractivity contribution in [2.45, 2.75) is 0 Å². The SMILES string of the molecule is Fc1ccc2[nH]nc(Nc3ccnc(Nc4ccc5c(c4)OCCO5)n3)c2c1. The average molecular weight is 378 g/mol. The molecule has 9 heteroatoms. The summed E-state index contributed by atoms with van der Waals surface area (Å²) in [5, 5.41) is 13.9. The quantitative estimate of drug-likeness (QED) is 0.498. The topological polar surface area (TPSA) is 97.0 Å². The summed E-state index contributed by atoms with van der Waals surface area (Å²) >= 11 is 0. The maximum absolute atomic E-state index is 13.5. The Labute approximate surface area is 158 Å². The molecule has 1 aliphatic heterocycles. The normalized spacial score (nSPS) is 12.8. The number of aromatic nitrogens is 4. The number of hydrogen-bond donors (Lipinski definition) is 3. The van der Waals surface area contributed by atoms with Gasteiger partial charge in [-0.2, -0.15) is 10.1 Å². The lowest BCUT2D eigenvalue weighted by Crippen LogP contribution is -2.15. The number of halogens is 1. The first-order chi connectivity index (χ1) is 13.7. The zero-order chi connectivity index (χ0) is 18.9. The van der Waals surface area contributed by atoms with Crippen LogP contribution in [0.3, 0.4) is 0 Å². The lowest BCUT2D eigenvalue weighted by atomic mass is 10.2. The summed E-state index contributed by atoms with van der Waals surface area (Å²) < 4.78 is 24.6. The van der Waals surface area contributed by atoms with E-state index in [1.165, 1.54) is 12.1 Å². The summed E-state index contributed by atoms with van der Waals surface area (Å²) in [5.74, 6) is 2.46. The molecule has 0 saturated heterocycles. The fourth-order valence-corrected chi connectivity index (χ4v) is 2.94. The molecule has 0 atom stereocenters. The van der Waals surface area contributed by atoms with Crippen LogP contribution in [0.5, 0.6) is 11.5 Å². The summed E-state index contributed by atoms with van der Waals surface area (Å²) in [7, 11) is 0. The van der Waals surface area contributed by atoms with Crippen LogP contribution in [0.4, 0.5) is 27.7 Å². The van der Waals surface area contributed by atoms with Crippen LogP contribution >= 0.6 is 0 Å². The number of rotatable bonds is 4. The van der Waals surface area contributed by atoms with Gasteiger partial charge in [0.15, 0.2) is 17.3 Å². The summed E-state index contributed by atoms with van der Waals surface area (Å²) in [4.78, 5) is 8.66.